The predicted molar refractivity (Wildman–Crippen MR) is 66.6 cm³/mol. The van der Waals surface area contributed by atoms with Crippen LogP contribution in [0.2, 0.25) is 0 Å². The van der Waals surface area contributed by atoms with Crippen LogP contribution in [0.3, 0.4) is 0 Å². The minimum Gasteiger partial charge on any atom is -0.317 e. The van der Waals surface area contributed by atoms with Gasteiger partial charge in [-0.05, 0) is 44.3 Å². The second-order valence-electron chi connectivity index (χ2n) is 4.72. The minimum absolute atomic E-state index is 0.683. The Bertz CT molecular complexity index is 300. The highest BCUT2D eigenvalue weighted by molar-refractivity contribution is 5.05. The Hall–Kier alpha value is -0.830. The number of aryl methyl sites for hydroxylation is 1. The molecule has 0 aliphatic heterocycles. The lowest BCUT2D eigenvalue weighted by Gasteiger charge is -2.08. The van der Waals surface area contributed by atoms with Gasteiger partial charge in [0.25, 0.3) is 0 Å². The minimum atomic E-state index is 0.683. The Morgan fingerprint density at radius 2 is 2.25 bits per heavy atom. The van der Waals surface area contributed by atoms with Crippen molar-refractivity contribution in [1.29, 1.82) is 0 Å². The van der Waals surface area contributed by atoms with Crippen LogP contribution in [-0.2, 0) is 6.42 Å². The molecule has 1 aromatic rings. The Morgan fingerprint density at radius 1 is 1.44 bits per heavy atom. The van der Waals surface area contributed by atoms with Gasteiger partial charge in [-0.1, -0.05) is 19.8 Å². The molecule has 3 heteroatoms. The fourth-order valence-corrected chi connectivity index (χ4v) is 2.47. The molecule has 1 aliphatic carbocycles. The lowest BCUT2D eigenvalue weighted by molar-refractivity contribution is 0.466. The molecule has 3 nitrogen and oxygen atoms in total. The molecule has 0 saturated heterocycles. The Labute approximate surface area is 98.2 Å². The van der Waals surface area contributed by atoms with Crippen LogP contribution in [0, 0.1) is 0 Å². The van der Waals surface area contributed by atoms with E-state index in [1.807, 2.05) is 6.20 Å². The van der Waals surface area contributed by atoms with Gasteiger partial charge in [0.15, 0.2) is 0 Å². The van der Waals surface area contributed by atoms with Gasteiger partial charge in [0.2, 0.25) is 0 Å². The number of hydrogen-bond donors (Lipinski definition) is 1. The normalized spacial score (nSPS) is 17.1. The highest BCUT2D eigenvalue weighted by atomic mass is 15.3. The predicted octanol–water partition coefficient (Wildman–Crippen LogP) is 2.54. The van der Waals surface area contributed by atoms with Crippen LogP contribution in [0.25, 0.3) is 0 Å². The Morgan fingerprint density at radius 3 is 3.00 bits per heavy atom. The molecule has 1 fully saturated rings. The van der Waals surface area contributed by atoms with E-state index in [0.717, 1.165) is 19.5 Å². The van der Waals surface area contributed by atoms with E-state index in [2.05, 4.69) is 28.2 Å². The molecule has 2 rings (SSSR count). The number of nitrogens with one attached hydrogen (secondary N) is 1. The third-order valence-electron chi connectivity index (χ3n) is 3.42. The molecule has 0 unspecified atom stereocenters. The van der Waals surface area contributed by atoms with Crippen LogP contribution in [0.4, 0.5) is 0 Å². The van der Waals surface area contributed by atoms with Crippen molar-refractivity contribution in [1.82, 2.24) is 15.1 Å². The van der Waals surface area contributed by atoms with Crippen molar-refractivity contribution in [2.75, 3.05) is 13.1 Å². The summed E-state index contributed by atoms with van der Waals surface area (Å²) in [5, 5.41) is 7.85. The largest absolute Gasteiger partial charge is 0.317 e. The van der Waals surface area contributed by atoms with Gasteiger partial charge in [-0.3, -0.25) is 4.68 Å². The summed E-state index contributed by atoms with van der Waals surface area (Å²) in [6.45, 7) is 4.34. The van der Waals surface area contributed by atoms with Crippen LogP contribution in [0.1, 0.15) is 50.6 Å². The molecular weight excluding hydrogens is 198 g/mol. The third kappa shape index (κ3) is 3.08. The van der Waals surface area contributed by atoms with Crippen molar-refractivity contribution in [2.45, 2.75) is 51.5 Å². The van der Waals surface area contributed by atoms with Crippen molar-refractivity contribution in [3.05, 3.63) is 18.0 Å². The van der Waals surface area contributed by atoms with Gasteiger partial charge in [0.1, 0.15) is 0 Å². The molecule has 0 radical (unpaired) electrons. The maximum Gasteiger partial charge on any atom is 0.0521 e. The molecule has 1 N–H and O–H groups in total. The molecule has 1 aliphatic rings. The first-order chi connectivity index (χ1) is 7.90. The summed E-state index contributed by atoms with van der Waals surface area (Å²) in [5.74, 6) is 0. The quantitative estimate of drug-likeness (QED) is 0.748. The van der Waals surface area contributed by atoms with E-state index < -0.39 is 0 Å². The summed E-state index contributed by atoms with van der Waals surface area (Å²) in [7, 11) is 0. The first-order valence-corrected chi connectivity index (χ1v) is 6.64. The lowest BCUT2D eigenvalue weighted by atomic mass is 10.2. The van der Waals surface area contributed by atoms with Gasteiger partial charge in [0.05, 0.1) is 12.2 Å². The summed E-state index contributed by atoms with van der Waals surface area (Å²) in [4.78, 5) is 0. The average Bonchev–Trinajstić information content (AvgIpc) is 2.94. The van der Waals surface area contributed by atoms with Crippen molar-refractivity contribution >= 4 is 0 Å². The summed E-state index contributed by atoms with van der Waals surface area (Å²) >= 11 is 0. The maximum absolute atomic E-state index is 4.49. The molecule has 0 spiro atoms. The number of nitrogens with zero attached hydrogens (tertiary/aromatic N) is 2. The van der Waals surface area contributed by atoms with Crippen LogP contribution < -0.4 is 5.32 Å². The van der Waals surface area contributed by atoms with Gasteiger partial charge in [0, 0.05) is 6.20 Å². The first-order valence-electron chi connectivity index (χ1n) is 6.64. The molecule has 1 aromatic heterocycles. The zero-order valence-corrected chi connectivity index (χ0v) is 10.3. The van der Waals surface area contributed by atoms with E-state index in [1.54, 1.807) is 0 Å². The molecule has 1 heterocycles. The second kappa shape index (κ2) is 6.04. The van der Waals surface area contributed by atoms with Crippen molar-refractivity contribution in [3.8, 4) is 0 Å². The standard InChI is InChI=1S/C13H23N3/c1-2-14-9-5-6-12-10-15-16(11-12)13-7-3-4-8-13/h10-11,13-14H,2-9H2,1H3. The molecular formula is C13H23N3. The zero-order valence-electron chi connectivity index (χ0n) is 10.3. The fraction of sp³-hybridized carbons (Fsp3) is 0.769. The highest BCUT2D eigenvalue weighted by Crippen LogP contribution is 2.28. The SMILES string of the molecule is CCNCCCc1cnn(C2CCCC2)c1. The average molecular weight is 221 g/mol. The van der Waals surface area contributed by atoms with Crippen LogP contribution in [0.5, 0.6) is 0 Å². The zero-order chi connectivity index (χ0) is 11.2. The molecule has 90 valence electrons. The van der Waals surface area contributed by atoms with Gasteiger partial charge < -0.3 is 5.32 Å². The monoisotopic (exact) mass is 221 g/mol. The van der Waals surface area contributed by atoms with Crippen molar-refractivity contribution < 1.29 is 0 Å². The van der Waals surface area contributed by atoms with E-state index in [1.165, 1.54) is 37.7 Å². The first kappa shape index (κ1) is 11.6. The van der Waals surface area contributed by atoms with E-state index in [4.69, 9.17) is 0 Å². The number of rotatable bonds is 6. The van der Waals surface area contributed by atoms with E-state index in [-0.39, 0.29) is 0 Å². The van der Waals surface area contributed by atoms with Crippen LogP contribution in [-0.4, -0.2) is 22.9 Å². The Balaban J connectivity index is 1.77. The topological polar surface area (TPSA) is 29.9 Å². The maximum atomic E-state index is 4.49. The van der Waals surface area contributed by atoms with Crippen molar-refractivity contribution in [3.63, 3.8) is 0 Å². The third-order valence-corrected chi connectivity index (χ3v) is 3.42. The summed E-state index contributed by atoms with van der Waals surface area (Å²) in [6, 6.07) is 0.683. The highest BCUT2D eigenvalue weighted by Gasteiger charge is 2.17. The molecule has 0 amide bonds. The number of hydrogen-bond acceptors (Lipinski definition) is 2. The van der Waals surface area contributed by atoms with Gasteiger partial charge in [-0.25, -0.2) is 0 Å². The van der Waals surface area contributed by atoms with E-state index in [0.29, 0.717) is 6.04 Å². The van der Waals surface area contributed by atoms with E-state index >= 15 is 0 Å². The summed E-state index contributed by atoms with van der Waals surface area (Å²) in [5.41, 5.74) is 1.39. The Kier molecular flexibility index (Phi) is 4.40. The fourth-order valence-electron chi connectivity index (χ4n) is 2.47. The smallest absolute Gasteiger partial charge is 0.0521 e. The van der Waals surface area contributed by atoms with E-state index in [9.17, 15) is 0 Å². The van der Waals surface area contributed by atoms with Crippen LogP contribution >= 0.6 is 0 Å². The summed E-state index contributed by atoms with van der Waals surface area (Å²) in [6.07, 6.45) is 12.0. The van der Waals surface area contributed by atoms with Gasteiger partial charge in [-0.2, -0.15) is 5.10 Å². The molecule has 0 bridgehead atoms. The van der Waals surface area contributed by atoms with Crippen molar-refractivity contribution in [2.24, 2.45) is 0 Å². The lowest BCUT2D eigenvalue weighted by Crippen LogP contribution is -2.14. The molecule has 0 aromatic carbocycles. The molecule has 16 heavy (non-hydrogen) atoms. The van der Waals surface area contributed by atoms with Crippen LogP contribution in [0.15, 0.2) is 12.4 Å². The van der Waals surface area contributed by atoms with Gasteiger partial charge in [-0.15, -0.1) is 0 Å². The number of aromatic nitrogens is 2. The molecule has 0 atom stereocenters. The van der Waals surface area contributed by atoms with Gasteiger partial charge >= 0.3 is 0 Å². The molecule has 1 saturated carbocycles. The summed E-state index contributed by atoms with van der Waals surface area (Å²) < 4.78 is 2.19. The second-order valence-corrected chi connectivity index (χ2v) is 4.72.